The van der Waals surface area contributed by atoms with Crippen molar-refractivity contribution in [2.75, 3.05) is 17.1 Å². The van der Waals surface area contributed by atoms with Gasteiger partial charge in [0.2, 0.25) is 21.8 Å². The van der Waals surface area contributed by atoms with Crippen LogP contribution in [0.3, 0.4) is 0 Å². The zero-order valence-corrected chi connectivity index (χ0v) is 20.2. The average molecular weight is 460 g/mol. The lowest BCUT2D eigenvalue weighted by Gasteiger charge is -2.33. The topological polar surface area (TPSA) is 86.8 Å². The van der Waals surface area contributed by atoms with Crippen molar-refractivity contribution in [3.8, 4) is 0 Å². The van der Waals surface area contributed by atoms with Crippen molar-refractivity contribution in [1.29, 1.82) is 0 Å². The number of anilines is 1. The highest BCUT2D eigenvalue weighted by Crippen LogP contribution is 2.20. The molecule has 2 aromatic carbocycles. The summed E-state index contributed by atoms with van der Waals surface area (Å²) < 4.78 is 26.2. The number of hydrogen-bond acceptors (Lipinski definition) is 4. The van der Waals surface area contributed by atoms with Crippen molar-refractivity contribution in [2.24, 2.45) is 0 Å². The quantitative estimate of drug-likeness (QED) is 0.592. The number of nitrogens with zero attached hydrogens (tertiary/aromatic N) is 2. The first-order valence-electron chi connectivity index (χ1n) is 10.7. The number of sulfonamides is 1. The number of carbonyl (C=O) groups excluding carboxylic acids is 2. The molecule has 0 spiro atoms. The Morgan fingerprint density at radius 3 is 2.22 bits per heavy atom. The Kier molecular flexibility index (Phi) is 8.83. The van der Waals surface area contributed by atoms with Crippen LogP contribution in [-0.2, 0) is 26.2 Å². The smallest absolute Gasteiger partial charge is 0.244 e. The highest BCUT2D eigenvalue weighted by molar-refractivity contribution is 7.92. The molecule has 2 rings (SSSR count). The maximum absolute atomic E-state index is 13.5. The average Bonchev–Trinajstić information content (AvgIpc) is 2.71. The van der Waals surface area contributed by atoms with E-state index in [9.17, 15) is 18.0 Å². The predicted octanol–water partition coefficient (Wildman–Crippen LogP) is 3.09. The zero-order chi connectivity index (χ0) is 23.9. The van der Waals surface area contributed by atoms with E-state index in [-0.39, 0.29) is 25.0 Å². The molecule has 0 saturated carbocycles. The molecule has 0 aliphatic carbocycles. The summed E-state index contributed by atoms with van der Waals surface area (Å²) in [5.74, 6) is -0.695. The van der Waals surface area contributed by atoms with Gasteiger partial charge in [0.15, 0.2) is 0 Å². The van der Waals surface area contributed by atoms with Gasteiger partial charge in [-0.3, -0.25) is 13.9 Å². The van der Waals surface area contributed by atoms with Crippen molar-refractivity contribution in [1.82, 2.24) is 10.2 Å². The summed E-state index contributed by atoms with van der Waals surface area (Å²) in [6.45, 7) is 7.23. The second-order valence-corrected chi connectivity index (χ2v) is 10.1. The van der Waals surface area contributed by atoms with Crippen LogP contribution in [0.25, 0.3) is 0 Å². The van der Waals surface area contributed by atoms with E-state index in [1.807, 2.05) is 64.1 Å². The fourth-order valence-electron chi connectivity index (χ4n) is 3.48. The molecule has 1 unspecified atom stereocenters. The lowest BCUT2D eigenvalue weighted by molar-refractivity contribution is -0.140. The number of amides is 2. The fourth-order valence-corrected chi connectivity index (χ4v) is 4.32. The molecule has 0 heterocycles. The second-order valence-electron chi connectivity index (χ2n) is 8.20. The Bertz CT molecular complexity index is 1020. The van der Waals surface area contributed by atoms with Gasteiger partial charge in [-0.05, 0) is 50.5 Å². The molecule has 2 aromatic rings. The molecule has 0 aliphatic rings. The van der Waals surface area contributed by atoms with Crippen molar-refractivity contribution in [3.05, 3.63) is 65.7 Å². The van der Waals surface area contributed by atoms with Crippen LogP contribution >= 0.6 is 0 Å². The molecule has 0 aromatic heterocycles. The normalized spacial score (nSPS) is 12.3. The summed E-state index contributed by atoms with van der Waals surface area (Å²) in [6, 6.07) is 15.5. The largest absolute Gasteiger partial charge is 0.352 e. The minimum atomic E-state index is -3.72. The van der Waals surface area contributed by atoms with Gasteiger partial charge in [-0.15, -0.1) is 0 Å². The third kappa shape index (κ3) is 7.09. The van der Waals surface area contributed by atoms with Crippen LogP contribution < -0.4 is 9.62 Å². The molecule has 2 amide bonds. The van der Waals surface area contributed by atoms with Gasteiger partial charge < -0.3 is 10.2 Å². The molecule has 0 saturated heterocycles. The molecule has 0 bridgehead atoms. The van der Waals surface area contributed by atoms with E-state index in [4.69, 9.17) is 0 Å². The van der Waals surface area contributed by atoms with Gasteiger partial charge in [0.25, 0.3) is 0 Å². The van der Waals surface area contributed by atoms with Gasteiger partial charge in [-0.1, -0.05) is 49.4 Å². The molecular weight excluding hydrogens is 426 g/mol. The van der Waals surface area contributed by atoms with E-state index < -0.39 is 22.0 Å². The molecule has 0 aliphatic heterocycles. The number of carbonyl (C=O) groups is 2. The van der Waals surface area contributed by atoms with E-state index >= 15 is 0 Å². The SMILES string of the molecule is CCC(C(=O)NC(C)C)N(Cc1ccccc1)C(=O)CN(c1cccc(C)c1)S(C)(=O)=O. The van der Waals surface area contributed by atoms with Gasteiger partial charge in [0.05, 0.1) is 11.9 Å². The number of benzene rings is 2. The molecular formula is C24H33N3O4S. The van der Waals surface area contributed by atoms with Crippen molar-refractivity contribution >= 4 is 27.5 Å². The molecule has 7 nitrogen and oxygen atoms in total. The highest BCUT2D eigenvalue weighted by Gasteiger charge is 2.31. The van der Waals surface area contributed by atoms with E-state index in [1.165, 1.54) is 4.90 Å². The van der Waals surface area contributed by atoms with Crippen LogP contribution in [0.2, 0.25) is 0 Å². The molecule has 32 heavy (non-hydrogen) atoms. The third-order valence-electron chi connectivity index (χ3n) is 4.98. The maximum atomic E-state index is 13.5. The Labute approximate surface area is 191 Å². The van der Waals surface area contributed by atoms with Crippen LogP contribution in [0.15, 0.2) is 54.6 Å². The summed E-state index contributed by atoms with van der Waals surface area (Å²) in [5.41, 5.74) is 2.16. The maximum Gasteiger partial charge on any atom is 0.244 e. The Morgan fingerprint density at radius 1 is 1.03 bits per heavy atom. The van der Waals surface area contributed by atoms with Crippen LogP contribution in [0, 0.1) is 6.92 Å². The first kappa shape index (κ1) is 25.4. The minimum absolute atomic E-state index is 0.0787. The van der Waals surface area contributed by atoms with Gasteiger partial charge >= 0.3 is 0 Å². The van der Waals surface area contributed by atoms with E-state index in [1.54, 1.807) is 18.2 Å². The van der Waals surface area contributed by atoms with Gasteiger partial charge in [0.1, 0.15) is 12.6 Å². The molecule has 174 valence electrons. The molecule has 0 radical (unpaired) electrons. The minimum Gasteiger partial charge on any atom is -0.352 e. The summed E-state index contributed by atoms with van der Waals surface area (Å²) in [5, 5.41) is 2.87. The molecule has 8 heteroatoms. The Balaban J connectivity index is 2.41. The zero-order valence-electron chi connectivity index (χ0n) is 19.4. The summed E-state index contributed by atoms with van der Waals surface area (Å²) in [6.07, 6.45) is 1.48. The van der Waals surface area contributed by atoms with Crippen LogP contribution in [0.5, 0.6) is 0 Å². The van der Waals surface area contributed by atoms with Crippen LogP contribution in [-0.4, -0.2) is 50.0 Å². The third-order valence-corrected chi connectivity index (χ3v) is 6.12. The summed E-state index contributed by atoms with van der Waals surface area (Å²) >= 11 is 0. The van der Waals surface area contributed by atoms with Crippen molar-refractivity contribution in [3.63, 3.8) is 0 Å². The van der Waals surface area contributed by atoms with Gasteiger partial charge in [0, 0.05) is 12.6 Å². The molecule has 0 fully saturated rings. The van der Waals surface area contributed by atoms with E-state index in [0.29, 0.717) is 12.1 Å². The van der Waals surface area contributed by atoms with Crippen LogP contribution in [0.1, 0.15) is 38.3 Å². The van der Waals surface area contributed by atoms with Crippen molar-refractivity contribution in [2.45, 2.75) is 52.7 Å². The lowest BCUT2D eigenvalue weighted by atomic mass is 10.1. The Hall–Kier alpha value is -2.87. The number of aryl methyl sites for hydroxylation is 1. The molecule has 1 atom stereocenters. The van der Waals surface area contributed by atoms with Gasteiger partial charge in [-0.25, -0.2) is 8.42 Å². The number of rotatable bonds is 10. The Morgan fingerprint density at radius 2 is 1.69 bits per heavy atom. The monoisotopic (exact) mass is 459 g/mol. The summed E-state index contributed by atoms with van der Waals surface area (Å²) in [4.78, 5) is 27.8. The van der Waals surface area contributed by atoms with E-state index in [0.717, 1.165) is 21.7 Å². The first-order valence-corrected chi connectivity index (χ1v) is 12.6. The van der Waals surface area contributed by atoms with Crippen molar-refractivity contribution < 1.29 is 18.0 Å². The number of nitrogens with one attached hydrogen (secondary N) is 1. The standard InChI is InChI=1S/C24H33N3O4S/c1-6-22(24(29)25-18(2)3)26(16-20-12-8-7-9-13-20)23(28)17-27(32(5,30)31)21-14-10-11-19(4)15-21/h7-15,18,22H,6,16-17H2,1-5H3,(H,25,29). The lowest BCUT2D eigenvalue weighted by Crippen LogP contribution is -2.53. The van der Waals surface area contributed by atoms with Crippen LogP contribution in [0.4, 0.5) is 5.69 Å². The second kappa shape index (κ2) is 11.1. The predicted molar refractivity (Wildman–Crippen MR) is 128 cm³/mol. The fraction of sp³-hybridized carbons (Fsp3) is 0.417. The van der Waals surface area contributed by atoms with E-state index in [2.05, 4.69) is 5.32 Å². The summed E-state index contributed by atoms with van der Waals surface area (Å²) in [7, 11) is -3.72. The number of hydrogen-bond donors (Lipinski definition) is 1. The first-order chi connectivity index (χ1) is 15.0. The molecule has 1 N–H and O–H groups in total. The van der Waals surface area contributed by atoms with Gasteiger partial charge in [-0.2, -0.15) is 0 Å². The highest BCUT2D eigenvalue weighted by atomic mass is 32.2.